The zero-order chi connectivity index (χ0) is 16.5. The van der Waals surface area contributed by atoms with Gasteiger partial charge < -0.3 is 10.1 Å². The van der Waals surface area contributed by atoms with Gasteiger partial charge in [0.05, 0.1) is 0 Å². The lowest BCUT2D eigenvalue weighted by Crippen LogP contribution is -2.40. The van der Waals surface area contributed by atoms with E-state index in [0.717, 1.165) is 56.1 Å². The minimum atomic E-state index is 0. The van der Waals surface area contributed by atoms with Crippen molar-refractivity contribution in [2.24, 2.45) is 5.92 Å². The Kier molecular flexibility index (Phi) is 10.3. The normalized spacial score (nSPS) is 15.8. The van der Waals surface area contributed by atoms with Crippen molar-refractivity contribution in [3.8, 4) is 0 Å². The fraction of sp³-hybridized carbons (Fsp3) is 0.611. The lowest BCUT2D eigenvalue weighted by atomic mass is 9.95. The summed E-state index contributed by atoms with van der Waals surface area (Å²) in [7, 11) is 0. The van der Waals surface area contributed by atoms with Crippen LogP contribution in [0.3, 0.4) is 0 Å². The average molecular weight is 375 g/mol. The van der Waals surface area contributed by atoms with E-state index in [1.165, 1.54) is 0 Å². The number of nitrogens with zero attached hydrogens (tertiary/aromatic N) is 1. The van der Waals surface area contributed by atoms with Crippen LogP contribution in [0, 0.1) is 5.92 Å². The Morgan fingerprint density at radius 3 is 2.71 bits per heavy atom. The van der Waals surface area contributed by atoms with Crippen molar-refractivity contribution in [3.05, 3.63) is 34.9 Å². The van der Waals surface area contributed by atoms with Gasteiger partial charge in [0.15, 0.2) is 0 Å². The third kappa shape index (κ3) is 6.98. The van der Waals surface area contributed by atoms with Crippen LogP contribution >= 0.6 is 24.0 Å². The topological polar surface area (TPSA) is 41.6 Å². The van der Waals surface area contributed by atoms with E-state index >= 15 is 0 Å². The van der Waals surface area contributed by atoms with Crippen LogP contribution in [-0.2, 0) is 16.1 Å². The molecule has 0 unspecified atom stereocenters. The zero-order valence-corrected chi connectivity index (χ0v) is 15.9. The maximum atomic E-state index is 12.2. The van der Waals surface area contributed by atoms with E-state index in [1.54, 1.807) is 0 Å². The van der Waals surface area contributed by atoms with Crippen LogP contribution in [0.1, 0.15) is 31.7 Å². The van der Waals surface area contributed by atoms with E-state index in [2.05, 4.69) is 16.3 Å². The minimum absolute atomic E-state index is 0. The first-order chi connectivity index (χ1) is 11.2. The Morgan fingerprint density at radius 2 is 2.04 bits per heavy atom. The quantitative estimate of drug-likeness (QED) is 0.707. The van der Waals surface area contributed by atoms with E-state index in [9.17, 15) is 4.79 Å². The zero-order valence-electron chi connectivity index (χ0n) is 14.3. The van der Waals surface area contributed by atoms with E-state index in [4.69, 9.17) is 16.3 Å². The molecule has 0 bridgehead atoms. The fourth-order valence-corrected chi connectivity index (χ4v) is 3.09. The van der Waals surface area contributed by atoms with E-state index in [0.29, 0.717) is 13.2 Å². The highest BCUT2D eigenvalue weighted by Gasteiger charge is 2.24. The summed E-state index contributed by atoms with van der Waals surface area (Å²) < 4.78 is 5.27. The van der Waals surface area contributed by atoms with Crippen LogP contribution in [-0.4, -0.2) is 43.7 Å². The number of benzene rings is 1. The summed E-state index contributed by atoms with van der Waals surface area (Å²) in [5.74, 6) is 0.337. The number of halogens is 2. The molecular weight excluding hydrogens is 347 g/mol. The Hall–Kier alpha value is -0.810. The molecule has 0 atom stereocenters. The number of carbonyl (C=O) groups is 1. The molecule has 24 heavy (non-hydrogen) atoms. The van der Waals surface area contributed by atoms with E-state index in [1.807, 2.05) is 25.1 Å². The highest BCUT2D eigenvalue weighted by molar-refractivity contribution is 6.31. The lowest BCUT2D eigenvalue weighted by molar-refractivity contribution is -0.126. The maximum Gasteiger partial charge on any atom is 0.223 e. The second kappa shape index (κ2) is 11.7. The molecule has 0 aromatic heterocycles. The number of hydrogen-bond donors (Lipinski definition) is 1. The molecule has 1 N–H and O–H groups in total. The van der Waals surface area contributed by atoms with Gasteiger partial charge >= 0.3 is 0 Å². The second-order valence-electron chi connectivity index (χ2n) is 5.98. The minimum Gasteiger partial charge on any atom is -0.382 e. The third-order valence-electron chi connectivity index (χ3n) is 4.28. The predicted molar refractivity (Wildman–Crippen MR) is 101 cm³/mol. The van der Waals surface area contributed by atoms with Crippen molar-refractivity contribution in [1.82, 2.24) is 10.2 Å². The molecule has 1 fully saturated rings. The van der Waals surface area contributed by atoms with Crippen LogP contribution in [0.2, 0.25) is 5.02 Å². The molecule has 1 aromatic carbocycles. The number of amides is 1. The van der Waals surface area contributed by atoms with Crippen molar-refractivity contribution in [2.75, 3.05) is 32.8 Å². The third-order valence-corrected chi connectivity index (χ3v) is 4.65. The highest BCUT2D eigenvalue weighted by Crippen LogP contribution is 2.22. The fourth-order valence-electron chi connectivity index (χ4n) is 2.90. The molecule has 0 saturated carbocycles. The molecule has 4 nitrogen and oxygen atoms in total. The Labute approximate surface area is 156 Å². The monoisotopic (exact) mass is 374 g/mol. The summed E-state index contributed by atoms with van der Waals surface area (Å²) in [6.07, 6.45) is 2.72. The van der Waals surface area contributed by atoms with Crippen LogP contribution in [0.5, 0.6) is 0 Å². The van der Waals surface area contributed by atoms with Gasteiger partial charge in [0, 0.05) is 37.2 Å². The van der Waals surface area contributed by atoms with E-state index < -0.39 is 0 Å². The van der Waals surface area contributed by atoms with Gasteiger partial charge in [-0.25, -0.2) is 0 Å². The molecule has 1 amide bonds. The van der Waals surface area contributed by atoms with Gasteiger partial charge in [-0.2, -0.15) is 0 Å². The summed E-state index contributed by atoms with van der Waals surface area (Å²) in [6, 6.07) is 7.97. The number of hydrogen-bond acceptors (Lipinski definition) is 3. The van der Waals surface area contributed by atoms with Gasteiger partial charge in [0.1, 0.15) is 0 Å². The largest absolute Gasteiger partial charge is 0.382 e. The first kappa shape index (κ1) is 21.2. The number of rotatable bonds is 8. The first-order valence-corrected chi connectivity index (χ1v) is 8.89. The van der Waals surface area contributed by atoms with Crippen LogP contribution < -0.4 is 5.32 Å². The lowest BCUT2D eigenvalue weighted by Gasteiger charge is -2.31. The molecular formula is C18H28Cl2N2O2. The van der Waals surface area contributed by atoms with Crippen LogP contribution in [0.4, 0.5) is 0 Å². The number of carbonyl (C=O) groups excluding carboxylic acids is 1. The number of likely N-dealkylation sites (tertiary alicyclic amines) is 1. The van der Waals surface area contributed by atoms with E-state index in [-0.39, 0.29) is 24.2 Å². The summed E-state index contributed by atoms with van der Waals surface area (Å²) in [5, 5.41) is 3.85. The molecule has 1 aliphatic heterocycles. The summed E-state index contributed by atoms with van der Waals surface area (Å²) >= 11 is 6.21. The van der Waals surface area contributed by atoms with Gasteiger partial charge in [0.25, 0.3) is 0 Å². The average Bonchev–Trinajstić information content (AvgIpc) is 2.57. The van der Waals surface area contributed by atoms with Crippen molar-refractivity contribution < 1.29 is 9.53 Å². The Balaban J connectivity index is 0.00000288. The highest BCUT2D eigenvalue weighted by atomic mass is 35.5. The van der Waals surface area contributed by atoms with Crippen molar-refractivity contribution >= 4 is 29.9 Å². The van der Waals surface area contributed by atoms with Gasteiger partial charge in [-0.15, -0.1) is 12.4 Å². The summed E-state index contributed by atoms with van der Waals surface area (Å²) in [4.78, 5) is 14.5. The van der Waals surface area contributed by atoms with Crippen molar-refractivity contribution in [1.29, 1.82) is 0 Å². The molecule has 6 heteroatoms. The van der Waals surface area contributed by atoms with Gasteiger partial charge in [-0.3, -0.25) is 9.69 Å². The second-order valence-corrected chi connectivity index (χ2v) is 6.39. The van der Waals surface area contributed by atoms with Crippen LogP contribution in [0.15, 0.2) is 24.3 Å². The first-order valence-electron chi connectivity index (χ1n) is 8.52. The predicted octanol–water partition coefficient (Wildman–Crippen LogP) is 3.52. The molecule has 1 aromatic rings. The maximum absolute atomic E-state index is 12.2. The molecule has 0 aliphatic carbocycles. The van der Waals surface area contributed by atoms with Crippen molar-refractivity contribution in [2.45, 2.75) is 32.7 Å². The molecule has 1 aliphatic rings. The molecule has 1 heterocycles. The number of piperidine rings is 1. The summed E-state index contributed by atoms with van der Waals surface area (Å²) in [5.41, 5.74) is 1.16. The summed E-state index contributed by atoms with van der Waals surface area (Å²) in [6.45, 7) is 6.89. The van der Waals surface area contributed by atoms with Gasteiger partial charge in [-0.1, -0.05) is 29.8 Å². The van der Waals surface area contributed by atoms with Gasteiger partial charge in [-0.05, 0) is 50.9 Å². The Bertz CT molecular complexity index is 492. The molecule has 2 rings (SSSR count). The molecule has 1 saturated heterocycles. The van der Waals surface area contributed by atoms with Crippen LogP contribution in [0.25, 0.3) is 0 Å². The SMILES string of the molecule is CCOCCCNC(=O)C1CCN(Cc2ccccc2Cl)CC1.Cl. The molecule has 0 radical (unpaired) electrons. The van der Waals surface area contributed by atoms with Gasteiger partial charge in [0.2, 0.25) is 5.91 Å². The Morgan fingerprint density at radius 1 is 1.33 bits per heavy atom. The van der Waals surface area contributed by atoms with Crippen molar-refractivity contribution in [3.63, 3.8) is 0 Å². The molecule has 0 spiro atoms. The molecule has 136 valence electrons. The number of nitrogens with one attached hydrogen (secondary N) is 1. The smallest absolute Gasteiger partial charge is 0.223 e. The standard InChI is InChI=1S/C18H27ClN2O2.ClH/c1-2-23-13-5-10-20-18(22)15-8-11-21(12-9-15)14-16-6-3-4-7-17(16)19;/h3-4,6-7,15H,2,5,8-14H2,1H3,(H,20,22);1H. The number of ether oxygens (including phenoxy) is 1.